The maximum atomic E-state index is 10.6. The number of aromatic nitrogens is 2. The van der Waals surface area contributed by atoms with Crippen LogP contribution in [0.15, 0.2) is 6.20 Å². The lowest BCUT2D eigenvalue weighted by Gasteiger charge is -2.15. The minimum atomic E-state index is -2.45. The highest BCUT2D eigenvalue weighted by Crippen LogP contribution is 2.22. The molecule has 2 heterocycles. The summed E-state index contributed by atoms with van der Waals surface area (Å²) in [4.78, 5) is 10.2. The van der Waals surface area contributed by atoms with E-state index in [9.17, 15) is 8.76 Å². The van der Waals surface area contributed by atoms with E-state index in [-0.39, 0.29) is 17.6 Å². The first-order chi connectivity index (χ1) is 9.69. The van der Waals surface area contributed by atoms with Gasteiger partial charge in [-0.05, 0) is 25.9 Å². The van der Waals surface area contributed by atoms with Crippen molar-refractivity contribution in [3.8, 4) is 11.9 Å². The highest BCUT2D eigenvalue weighted by atomic mass is 32.2. The van der Waals surface area contributed by atoms with Crippen molar-refractivity contribution in [2.45, 2.75) is 12.8 Å². The lowest BCUT2D eigenvalue weighted by atomic mass is 10.4. The summed E-state index contributed by atoms with van der Waals surface area (Å²) < 4.78 is 33.8. The summed E-state index contributed by atoms with van der Waals surface area (Å²) in [5, 5.41) is 0. The van der Waals surface area contributed by atoms with Gasteiger partial charge < -0.3 is 18.7 Å². The van der Waals surface area contributed by atoms with Crippen LogP contribution < -0.4 is 14.2 Å². The summed E-state index contributed by atoms with van der Waals surface area (Å²) >= 11 is -2.45. The molecule has 1 aliphatic heterocycles. The van der Waals surface area contributed by atoms with Gasteiger partial charge >= 0.3 is 6.01 Å². The average molecular weight is 301 g/mol. The van der Waals surface area contributed by atoms with Gasteiger partial charge in [0.1, 0.15) is 12.3 Å². The Morgan fingerprint density at radius 1 is 1.50 bits per heavy atom. The molecular formula is C11H17N4O4S-. The number of nitrogens with zero attached hydrogens (tertiary/aromatic N) is 3. The van der Waals surface area contributed by atoms with E-state index in [1.165, 1.54) is 26.1 Å². The van der Waals surface area contributed by atoms with Gasteiger partial charge in [-0.15, -0.1) is 0 Å². The molecular weight excluding hydrogens is 284 g/mol. The summed E-state index contributed by atoms with van der Waals surface area (Å²) in [6.07, 6.45) is 3.78. The van der Waals surface area contributed by atoms with Gasteiger partial charge in [0, 0.05) is 17.8 Å². The molecule has 1 aromatic heterocycles. The second-order valence-electron chi connectivity index (χ2n) is 4.31. The molecule has 0 saturated carbocycles. The minimum Gasteiger partial charge on any atom is -0.755 e. The Morgan fingerprint density at radius 3 is 2.90 bits per heavy atom. The summed E-state index contributed by atoms with van der Waals surface area (Å²) in [5.74, 6) is 0.125. The monoisotopic (exact) mass is 301 g/mol. The maximum absolute atomic E-state index is 10.6. The van der Waals surface area contributed by atoms with Gasteiger partial charge in [-0.2, -0.15) is 4.98 Å². The number of rotatable bonds is 7. The van der Waals surface area contributed by atoms with Gasteiger partial charge in [-0.25, -0.2) is 4.98 Å². The standard InChI is InChI=1S/C11H18N4O4S/c1-18-10-9(14-20(16)17)8-12-11(13-10)19-7-6-15-4-2-3-5-15/h8,14H,2-7H2,1H3,(H,16,17)/p-1. The molecule has 0 bridgehead atoms. The zero-order valence-corrected chi connectivity index (χ0v) is 12.0. The zero-order chi connectivity index (χ0) is 14.4. The maximum Gasteiger partial charge on any atom is 0.319 e. The number of ether oxygens (including phenoxy) is 2. The van der Waals surface area contributed by atoms with Gasteiger partial charge in [0.2, 0.25) is 5.88 Å². The molecule has 0 aliphatic carbocycles. The SMILES string of the molecule is COc1nc(OCCN2CCCC2)ncc1NS(=O)[O-]. The van der Waals surface area contributed by atoms with Crippen LogP contribution in [0.5, 0.6) is 11.9 Å². The molecule has 1 atom stereocenters. The largest absolute Gasteiger partial charge is 0.755 e. The van der Waals surface area contributed by atoms with E-state index >= 15 is 0 Å². The molecule has 9 heteroatoms. The van der Waals surface area contributed by atoms with E-state index in [0.29, 0.717) is 6.61 Å². The lowest BCUT2D eigenvalue weighted by Crippen LogP contribution is -2.25. The highest BCUT2D eigenvalue weighted by Gasteiger charge is 2.12. The second kappa shape index (κ2) is 7.36. The first-order valence-corrected chi connectivity index (χ1v) is 7.38. The predicted octanol–water partition coefficient (Wildman–Crippen LogP) is 0.166. The summed E-state index contributed by atoms with van der Waals surface area (Å²) in [6.45, 7) is 3.52. The fraction of sp³-hybridized carbons (Fsp3) is 0.636. The third-order valence-corrected chi connectivity index (χ3v) is 3.34. The molecule has 8 nitrogen and oxygen atoms in total. The van der Waals surface area contributed by atoms with Crippen molar-refractivity contribution in [1.82, 2.24) is 14.9 Å². The van der Waals surface area contributed by atoms with Crippen LogP contribution >= 0.6 is 0 Å². The van der Waals surface area contributed by atoms with E-state index in [4.69, 9.17) is 9.47 Å². The molecule has 1 aromatic rings. The molecule has 1 aliphatic rings. The summed E-state index contributed by atoms with van der Waals surface area (Å²) in [6, 6.07) is 0.170. The van der Waals surface area contributed by atoms with Gasteiger partial charge in [0.15, 0.2) is 0 Å². The van der Waals surface area contributed by atoms with E-state index in [0.717, 1.165) is 19.6 Å². The van der Waals surface area contributed by atoms with Crippen LogP contribution in [0.1, 0.15) is 12.8 Å². The number of methoxy groups -OCH3 is 1. The van der Waals surface area contributed by atoms with Crippen LogP contribution in [-0.2, 0) is 11.3 Å². The molecule has 1 saturated heterocycles. The van der Waals surface area contributed by atoms with Crippen LogP contribution in [0.4, 0.5) is 5.69 Å². The third-order valence-electron chi connectivity index (χ3n) is 2.96. The molecule has 1 fully saturated rings. The topological polar surface area (TPSA) is 99.6 Å². The Hall–Kier alpha value is -1.45. The average Bonchev–Trinajstić information content (AvgIpc) is 2.93. The Balaban J connectivity index is 1.89. The van der Waals surface area contributed by atoms with Gasteiger partial charge in [0.05, 0.1) is 13.3 Å². The molecule has 1 unspecified atom stereocenters. The van der Waals surface area contributed by atoms with Crippen molar-refractivity contribution in [2.75, 3.05) is 38.1 Å². The molecule has 0 amide bonds. The normalized spacial score (nSPS) is 16.9. The smallest absolute Gasteiger partial charge is 0.319 e. The second-order valence-corrected chi connectivity index (χ2v) is 4.98. The van der Waals surface area contributed by atoms with Crippen LogP contribution in [0.3, 0.4) is 0 Å². The number of nitrogens with one attached hydrogen (secondary N) is 1. The van der Waals surface area contributed by atoms with Crippen LogP contribution in [-0.4, -0.2) is 57.0 Å². The number of hydrogen-bond acceptors (Lipinski definition) is 7. The first kappa shape index (κ1) is 14.9. The molecule has 1 N–H and O–H groups in total. The number of hydrogen-bond donors (Lipinski definition) is 1. The van der Waals surface area contributed by atoms with Gasteiger partial charge in [0.25, 0.3) is 0 Å². The van der Waals surface area contributed by atoms with Gasteiger partial charge in [-0.1, -0.05) is 0 Å². The zero-order valence-electron chi connectivity index (χ0n) is 11.2. The van der Waals surface area contributed by atoms with Crippen molar-refractivity contribution in [1.29, 1.82) is 0 Å². The third kappa shape index (κ3) is 4.29. The fourth-order valence-electron chi connectivity index (χ4n) is 2.01. The van der Waals surface area contributed by atoms with E-state index in [2.05, 4.69) is 19.6 Å². The predicted molar refractivity (Wildman–Crippen MR) is 72.3 cm³/mol. The van der Waals surface area contributed by atoms with Crippen LogP contribution in [0.2, 0.25) is 0 Å². The number of likely N-dealkylation sites (tertiary alicyclic amines) is 1. The van der Waals surface area contributed by atoms with Crippen molar-refractivity contribution < 1.29 is 18.2 Å². The van der Waals surface area contributed by atoms with Crippen molar-refractivity contribution in [3.05, 3.63) is 6.20 Å². The summed E-state index contributed by atoms with van der Waals surface area (Å²) in [5.41, 5.74) is 0.174. The van der Waals surface area contributed by atoms with Crippen molar-refractivity contribution >= 4 is 17.0 Å². The van der Waals surface area contributed by atoms with Crippen molar-refractivity contribution in [3.63, 3.8) is 0 Å². The lowest BCUT2D eigenvalue weighted by molar-refractivity contribution is 0.223. The summed E-state index contributed by atoms with van der Waals surface area (Å²) in [7, 11) is 1.40. The minimum absolute atomic E-state index is 0.125. The molecule has 2 rings (SSSR count). The molecule has 20 heavy (non-hydrogen) atoms. The van der Waals surface area contributed by atoms with Crippen LogP contribution in [0, 0.1) is 0 Å². The first-order valence-electron chi connectivity index (χ1n) is 6.31. The van der Waals surface area contributed by atoms with E-state index < -0.39 is 11.3 Å². The molecule has 0 spiro atoms. The van der Waals surface area contributed by atoms with Crippen molar-refractivity contribution in [2.24, 2.45) is 0 Å². The molecule has 0 radical (unpaired) electrons. The Morgan fingerprint density at radius 2 is 2.25 bits per heavy atom. The quantitative estimate of drug-likeness (QED) is 0.716. The van der Waals surface area contributed by atoms with E-state index in [1.54, 1.807) is 0 Å². The fourth-order valence-corrected chi connectivity index (χ4v) is 2.33. The molecule has 112 valence electrons. The Bertz CT molecular complexity index is 468. The Labute approximate surface area is 119 Å². The Kier molecular flexibility index (Phi) is 5.50. The van der Waals surface area contributed by atoms with Gasteiger partial charge in [-0.3, -0.25) is 9.11 Å². The molecule has 0 aromatic carbocycles. The van der Waals surface area contributed by atoms with E-state index in [1.807, 2.05) is 0 Å². The highest BCUT2D eigenvalue weighted by molar-refractivity contribution is 7.80. The van der Waals surface area contributed by atoms with Crippen LogP contribution in [0.25, 0.3) is 0 Å². The number of anilines is 1.